The Morgan fingerprint density at radius 2 is 2.05 bits per heavy atom. The van der Waals surface area contributed by atoms with Gasteiger partial charge < -0.3 is 9.47 Å². The van der Waals surface area contributed by atoms with Crippen molar-refractivity contribution in [2.24, 2.45) is 0 Å². The van der Waals surface area contributed by atoms with Gasteiger partial charge in [-0.05, 0) is 25.1 Å². The molecule has 0 spiro atoms. The zero-order valence-corrected chi connectivity index (χ0v) is 11.5. The number of hydrogen-bond donors (Lipinski definition) is 0. The number of nitrogens with zero attached hydrogens (tertiary/aromatic N) is 1. The third-order valence-corrected chi connectivity index (χ3v) is 2.72. The molecule has 5 heteroatoms. The van der Waals surface area contributed by atoms with E-state index in [0.717, 1.165) is 10.9 Å². The minimum Gasteiger partial charge on any atom is -0.461 e. The van der Waals surface area contributed by atoms with Crippen LogP contribution in [0.25, 0.3) is 10.9 Å². The number of aromatic nitrogens is 1. The van der Waals surface area contributed by atoms with Crippen molar-refractivity contribution in [1.29, 1.82) is 0 Å². The van der Waals surface area contributed by atoms with Crippen molar-refractivity contribution in [2.75, 3.05) is 6.61 Å². The van der Waals surface area contributed by atoms with Crippen LogP contribution in [0.15, 0.2) is 36.5 Å². The lowest BCUT2D eigenvalue weighted by Crippen LogP contribution is -2.39. The predicted octanol–water partition coefficient (Wildman–Crippen LogP) is 1.62. The third-order valence-electron chi connectivity index (χ3n) is 2.72. The van der Waals surface area contributed by atoms with Crippen molar-refractivity contribution in [3.05, 3.63) is 36.5 Å². The van der Waals surface area contributed by atoms with Crippen molar-refractivity contribution >= 4 is 22.8 Å². The van der Waals surface area contributed by atoms with E-state index in [0.29, 0.717) is 12.4 Å². The quantitative estimate of drug-likeness (QED) is 0.483. The maximum Gasteiger partial charge on any atom is 0.372 e. The molecule has 0 atom stereocenters. The molecule has 0 radical (unpaired) electrons. The molecule has 0 saturated carbocycles. The highest BCUT2D eigenvalue weighted by atomic mass is 16.5. The van der Waals surface area contributed by atoms with Crippen LogP contribution < -0.4 is 9.30 Å². The van der Waals surface area contributed by atoms with Gasteiger partial charge >= 0.3 is 11.9 Å². The van der Waals surface area contributed by atoms with Gasteiger partial charge in [0, 0.05) is 18.4 Å². The van der Waals surface area contributed by atoms with Crippen LogP contribution >= 0.6 is 0 Å². The normalized spacial score (nSPS) is 10.3. The van der Waals surface area contributed by atoms with Gasteiger partial charge in [-0.25, -0.2) is 4.79 Å². The van der Waals surface area contributed by atoms with Gasteiger partial charge in [0.05, 0.1) is 12.7 Å². The van der Waals surface area contributed by atoms with Crippen LogP contribution in [0, 0.1) is 0 Å². The highest BCUT2D eigenvalue weighted by Crippen LogP contribution is 2.18. The van der Waals surface area contributed by atoms with E-state index in [1.807, 2.05) is 18.2 Å². The summed E-state index contributed by atoms with van der Waals surface area (Å²) in [6.45, 7) is 3.59. The Kier molecular flexibility index (Phi) is 4.30. The molecule has 0 N–H and O–H groups in total. The molecule has 5 nitrogen and oxygen atoms in total. The van der Waals surface area contributed by atoms with Crippen molar-refractivity contribution in [3.63, 3.8) is 0 Å². The summed E-state index contributed by atoms with van der Waals surface area (Å²) >= 11 is 0. The van der Waals surface area contributed by atoms with Crippen molar-refractivity contribution in [3.8, 4) is 5.75 Å². The molecule has 1 heterocycles. The standard InChI is InChI=1S/C15H16NO4/c1-3-19-15(18)10-16-8-4-5-12-6-7-13(9-14(12)16)20-11(2)17/h4-9H,3,10H2,1-2H3/q+1. The average molecular weight is 274 g/mol. The van der Waals surface area contributed by atoms with Crippen molar-refractivity contribution in [1.82, 2.24) is 0 Å². The first-order valence-corrected chi connectivity index (χ1v) is 6.36. The van der Waals surface area contributed by atoms with E-state index < -0.39 is 0 Å². The number of carbonyl (C=O) groups is 2. The minimum absolute atomic E-state index is 0.120. The Labute approximate surface area is 116 Å². The zero-order chi connectivity index (χ0) is 14.5. The average Bonchev–Trinajstić information content (AvgIpc) is 2.39. The van der Waals surface area contributed by atoms with Gasteiger partial charge in [0.1, 0.15) is 5.75 Å². The highest BCUT2D eigenvalue weighted by Gasteiger charge is 2.15. The summed E-state index contributed by atoms with van der Waals surface area (Å²) < 4.78 is 11.8. The summed E-state index contributed by atoms with van der Waals surface area (Å²) in [7, 11) is 0. The molecule has 0 amide bonds. The first-order valence-electron chi connectivity index (χ1n) is 6.36. The van der Waals surface area contributed by atoms with Crippen molar-refractivity contribution < 1.29 is 23.6 Å². The molecule has 0 aliphatic rings. The highest BCUT2D eigenvalue weighted by molar-refractivity contribution is 5.79. The number of carbonyl (C=O) groups excluding carboxylic acids is 2. The molecule has 2 aromatic rings. The number of esters is 2. The smallest absolute Gasteiger partial charge is 0.372 e. The number of rotatable bonds is 4. The maximum atomic E-state index is 11.6. The van der Waals surface area contributed by atoms with Gasteiger partial charge in [-0.1, -0.05) is 0 Å². The molecular formula is C15H16NO4+. The number of pyridine rings is 1. The van der Waals surface area contributed by atoms with Crippen LogP contribution in [-0.2, 0) is 20.9 Å². The van der Waals surface area contributed by atoms with E-state index in [-0.39, 0.29) is 18.5 Å². The molecule has 104 valence electrons. The van der Waals surface area contributed by atoms with Crippen LogP contribution in [0.4, 0.5) is 0 Å². The lowest BCUT2D eigenvalue weighted by molar-refractivity contribution is -0.660. The minimum atomic E-state index is -0.378. The summed E-state index contributed by atoms with van der Waals surface area (Å²) in [5, 5.41) is 0.952. The molecule has 2 rings (SSSR count). The molecule has 0 aliphatic heterocycles. The summed E-state index contributed by atoms with van der Waals surface area (Å²) in [4.78, 5) is 22.6. The van der Waals surface area contributed by atoms with E-state index >= 15 is 0 Å². The molecule has 0 unspecified atom stereocenters. The second-order valence-electron chi connectivity index (χ2n) is 4.26. The Balaban J connectivity index is 2.38. The molecule has 0 saturated heterocycles. The van der Waals surface area contributed by atoms with Crippen molar-refractivity contribution in [2.45, 2.75) is 20.4 Å². The Morgan fingerprint density at radius 3 is 2.75 bits per heavy atom. The molecular weight excluding hydrogens is 258 g/mol. The molecule has 1 aromatic carbocycles. The van der Waals surface area contributed by atoms with E-state index in [2.05, 4.69) is 0 Å². The van der Waals surface area contributed by atoms with E-state index in [4.69, 9.17) is 9.47 Å². The molecule has 0 fully saturated rings. The summed E-state index contributed by atoms with van der Waals surface area (Å²) in [6.07, 6.45) is 1.79. The van der Waals surface area contributed by atoms with E-state index in [1.54, 1.807) is 29.8 Å². The first-order chi connectivity index (χ1) is 9.60. The topological polar surface area (TPSA) is 56.5 Å². The summed E-state index contributed by atoms with van der Waals surface area (Å²) in [5.41, 5.74) is 0.805. The van der Waals surface area contributed by atoms with Crippen LogP contribution in [0.2, 0.25) is 0 Å². The fourth-order valence-electron chi connectivity index (χ4n) is 1.96. The van der Waals surface area contributed by atoms with Crippen LogP contribution in [0.5, 0.6) is 5.75 Å². The lowest BCUT2D eigenvalue weighted by atomic mass is 10.2. The molecule has 20 heavy (non-hydrogen) atoms. The van der Waals surface area contributed by atoms with Gasteiger partial charge in [0.15, 0.2) is 6.20 Å². The predicted molar refractivity (Wildman–Crippen MR) is 72.1 cm³/mol. The van der Waals surface area contributed by atoms with Gasteiger partial charge in [-0.2, -0.15) is 4.57 Å². The molecule has 0 bridgehead atoms. The third kappa shape index (κ3) is 3.32. The van der Waals surface area contributed by atoms with Crippen LogP contribution in [0.1, 0.15) is 13.8 Å². The largest absolute Gasteiger partial charge is 0.461 e. The first kappa shape index (κ1) is 14.0. The fourth-order valence-corrected chi connectivity index (χ4v) is 1.96. The monoisotopic (exact) mass is 274 g/mol. The maximum absolute atomic E-state index is 11.6. The summed E-state index contributed by atoms with van der Waals surface area (Å²) in [6, 6.07) is 9.07. The number of fused-ring (bicyclic) bond motifs is 1. The molecule has 1 aromatic heterocycles. The number of hydrogen-bond acceptors (Lipinski definition) is 4. The van der Waals surface area contributed by atoms with Gasteiger partial charge in [-0.3, -0.25) is 4.79 Å². The fraction of sp³-hybridized carbons (Fsp3) is 0.267. The van der Waals surface area contributed by atoms with Crippen LogP contribution in [-0.4, -0.2) is 18.5 Å². The van der Waals surface area contributed by atoms with Gasteiger partial charge in [0.25, 0.3) is 0 Å². The van der Waals surface area contributed by atoms with Crippen LogP contribution in [0.3, 0.4) is 0 Å². The second-order valence-corrected chi connectivity index (χ2v) is 4.26. The van der Waals surface area contributed by atoms with Gasteiger partial charge in [-0.15, -0.1) is 0 Å². The van der Waals surface area contributed by atoms with Gasteiger partial charge in [0.2, 0.25) is 12.1 Å². The molecule has 0 aliphatic carbocycles. The van der Waals surface area contributed by atoms with E-state index in [9.17, 15) is 9.59 Å². The Morgan fingerprint density at radius 1 is 1.25 bits per heavy atom. The van der Waals surface area contributed by atoms with E-state index in [1.165, 1.54) is 6.92 Å². The number of ether oxygens (including phenoxy) is 2. The number of benzene rings is 1. The summed E-state index contributed by atoms with van der Waals surface area (Å²) in [5.74, 6) is -0.228. The lowest BCUT2D eigenvalue weighted by Gasteiger charge is -2.04. The second kappa shape index (κ2) is 6.14. The SMILES string of the molecule is CCOC(=O)C[n+]1cccc2ccc(OC(C)=O)cc21. The Bertz CT molecular complexity index is 651. The Hall–Kier alpha value is -2.43. The zero-order valence-electron chi connectivity index (χ0n) is 11.5.